The van der Waals surface area contributed by atoms with E-state index >= 15 is 0 Å². The van der Waals surface area contributed by atoms with Crippen LogP contribution in [-0.2, 0) is 5.75 Å². The van der Waals surface area contributed by atoms with E-state index in [2.05, 4.69) is 10.2 Å². The predicted octanol–water partition coefficient (Wildman–Crippen LogP) is 0.819. The summed E-state index contributed by atoms with van der Waals surface area (Å²) in [6.07, 6.45) is 0. The smallest absolute Gasteiger partial charge is 0.423 e. The van der Waals surface area contributed by atoms with Crippen molar-refractivity contribution in [1.29, 1.82) is 0 Å². The number of nitrogens with zero attached hydrogens (tertiary/aromatic N) is 2. The summed E-state index contributed by atoms with van der Waals surface area (Å²) in [6, 6.07) is 7.20. The Hall–Kier alpha value is -0.885. The van der Waals surface area contributed by atoms with Crippen molar-refractivity contribution in [2.24, 2.45) is 0 Å². The van der Waals surface area contributed by atoms with E-state index in [1.165, 1.54) is 0 Å². The van der Waals surface area contributed by atoms with E-state index in [0.29, 0.717) is 5.46 Å². The molecule has 0 unspecified atom stereocenters. The van der Waals surface area contributed by atoms with E-state index < -0.39 is 7.12 Å². The second-order valence-corrected chi connectivity index (χ2v) is 5.90. The Kier molecular flexibility index (Phi) is 4.17. The van der Waals surface area contributed by atoms with Gasteiger partial charge in [0.2, 0.25) is 0 Å². The minimum atomic E-state index is -1.40. The molecule has 88 valence electrons. The first-order valence-corrected chi connectivity index (χ1v) is 6.83. The number of thioether (sulfide) groups is 1. The first-order chi connectivity index (χ1) is 8.15. The van der Waals surface area contributed by atoms with Crippen LogP contribution in [0.5, 0.6) is 0 Å². The van der Waals surface area contributed by atoms with Crippen LogP contribution in [0.15, 0.2) is 28.6 Å². The molecule has 0 fully saturated rings. The van der Waals surface area contributed by atoms with Crippen molar-refractivity contribution in [3.8, 4) is 0 Å². The largest absolute Gasteiger partial charge is 0.488 e. The summed E-state index contributed by atoms with van der Waals surface area (Å²) >= 11 is 3.20. The van der Waals surface area contributed by atoms with Crippen molar-refractivity contribution in [2.45, 2.75) is 17.0 Å². The van der Waals surface area contributed by atoms with Gasteiger partial charge in [-0.3, -0.25) is 0 Å². The molecule has 1 aromatic carbocycles. The van der Waals surface area contributed by atoms with Gasteiger partial charge in [0.05, 0.1) is 0 Å². The van der Waals surface area contributed by atoms with Crippen LogP contribution in [0.1, 0.15) is 10.6 Å². The van der Waals surface area contributed by atoms with E-state index in [0.717, 1.165) is 20.7 Å². The highest BCUT2D eigenvalue weighted by atomic mass is 32.2. The summed E-state index contributed by atoms with van der Waals surface area (Å²) in [5.74, 6) is 0.802. The minimum absolute atomic E-state index is 0.505. The molecule has 0 spiro atoms. The summed E-state index contributed by atoms with van der Waals surface area (Å²) in [6.45, 7) is 1.93. The number of hydrogen-bond donors (Lipinski definition) is 2. The van der Waals surface area contributed by atoms with Gasteiger partial charge in [0.15, 0.2) is 4.34 Å². The molecule has 0 aliphatic carbocycles. The summed E-state index contributed by atoms with van der Waals surface area (Å²) in [7, 11) is -1.40. The van der Waals surface area contributed by atoms with Crippen LogP contribution < -0.4 is 5.46 Å². The number of aryl methyl sites for hydroxylation is 1. The van der Waals surface area contributed by atoms with Gasteiger partial charge in [0, 0.05) is 5.75 Å². The molecule has 0 aliphatic heterocycles. The van der Waals surface area contributed by atoms with Crippen molar-refractivity contribution in [1.82, 2.24) is 10.2 Å². The van der Waals surface area contributed by atoms with Crippen molar-refractivity contribution in [3.63, 3.8) is 0 Å². The third-order valence-corrected chi connectivity index (χ3v) is 4.19. The highest BCUT2D eigenvalue weighted by Gasteiger charge is 2.09. The van der Waals surface area contributed by atoms with Gasteiger partial charge in [0.25, 0.3) is 0 Å². The fraction of sp³-hybridized carbons (Fsp3) is 0.200. The Bertz CT molecular complexity index is 487. The molecule has 1 heterocycles. The second-order valence-electron chi connectivity index (χ2n) is 3.49. The lowest BCUT2D eigenvalue weighted by atomic mass is 9.80. The topological polar surface area (TPSA) is 66.2 Å². The highest BCUT2D eigenvalue weighted by molar-refractivity contribution is 8.00. The molecule has 0 saturated heterocycles. The molecule has 7 heteroatoms. The number of rotatable bonds is 4. The average Bonchev–Trinajstić information content (AvgIpc) is 2.73. The zero-order valence-corrected chi connectivity index (χ0v) is 10.8. The number of benzene rings is 1. The van der Waals surface area contributed by atoms with Crippen LogP contribution in [0.4, 0.5) is 0 Å². The van der Waals surface area contributed by atoms with E-state index in [-0.39, 0.29) is 0 Å². The van der Waals surface area contributed by atoms with Crippen LogP contribution in [0.25, 0.3) is 0 Å². The van der Waals surface area contributed by atoms with Crippen molar-refractivity contribution in [2.75, 3.05) is 0 Å². The van der Waals surface area contributed by atoms with Gasteiger partial charge in [-0.2, -0.15) is 0 Å². The molecule has 0 bridgehead atoms. The Morgan fingerprint density at radius 1 is 1.24 bits per heavy atom. The van der Waals surface area contributed by atoms with Crippen molar-refractivity contribution in [3.05, 3.63) is 34.8 Å². The van der Waals surface area contributed by atoms with Crippen molar-refractivity contribution < 1.29 is 10.0 Å². The summed E-state index contributed by atoms with van der Waals surface area (Å²) < 4.78 is 0.953. The fourth-order valence-corrected chi connectivity index (χ4v) is 3.04. The van der Waals surface area contributed by atoms with Crippen LogP contribution in [0.2, 0.25) is 0 Å². The molecule has 0 amide bonds. The van der Waals surface area contributed by atoms with Gasteiger partial charge >= 0.3 is 7.12 Å². The predicted molar refractivity (Wildman–Crippen MR) is 70.5 cm³/mol. The van der Waals surface area contributed by atoms with Crippen molar-refractivity contribution >= 4 is 35.7 Å². The molecule has 1 aromatic heterocycles. The number of hydrogen-bond acceptors (Lipinski definition) is 6. The van der Waals surface area contributed by atoms with E-state index in [1.54, 1.807) is 35.2 Å². The molecule has 2 N–H and O–H groups in total. The highest BCUT2D eigenvalue weighted by Crippen LogP contribution is 2.25. The molecular formula is C10H11BN2O2S2. The maximum atomic E-state index is 8.96. The van der Waals surface area contributed by atoms with Gasteiger partial charge in [-0.05, 0) is 17.9 Å². The molecule has 2 rings (SSSR count). The molecule has 0 aliphatic rings. The fourth-order valence-electron chi connectivity index (χ4n) is 1.27. The lowest BCUT2D eigenvalue weighted by Gasteiger charge is -2.01. The lowest BCUT2D eigenvalue weighted by Crippen LogP contribution is -2.29. The molecule has 0 radical (unpaired) electrons. The van der Waals surface area contributed by atoms with Gasteiger partial charge in [-0.25, -0.2) is 0 Å². The van der Waals surface area contributed by atoms with Crippen LogP contribution in [0.3, 0.4) is 0 Å². The second kappa shape index (κ2) is 5.64. The van der Waals surface area contributed by atoms with Gasteiger partial charge in [0.1, 0.15) is 5.01 Å². The summed E-state index contributed by atoms with van der Waals surface area (Å²) in [5, 5.41) is 26.9. The monoisotopic (exact) mass is 266 g/mol. The quantitative estimate of drug-likeness (QED) is 0.633. The normalized spacial score (nSPS) is 10.5. The zero-order chi connectivity index (χ0) is 12.3. The summed E-state index contributed by atoms with van der Waals surface area (Å²) in [5.41, 5.74) is 1.62. The minimum Gasteiger partial charge on any atom is -0.423 e. The van der Waals surface area contributed by atoms with Crippen LogP contribution in [-0.4, -0.2) is 27.4 Å². The number of aromatic nitrogens is 2. The third kappa shape index (κ3) is 3.54. The van der Waals surface area contributed by atoms with E-state index in [1.807, 2.05) is 19.1 Å². The van der Waals surface area contributed by atoms with Crippen LogP contribution >= 0.6 is 23.1 Å². The van der Waals surface area contributed by atoms with E-state index in [9.17, 15) is 0 Å². The zero-order valence-electron chi connectivity index (χ0n) is 9.20. The van der Waals surface area contributed by atoms with Crippen LogP contribution in [0, 0.1) is 6.92 Å². The Labute approximate surface area is 108 Å². The molecule has 0 saturated carbocycles. The van der Waals surface area contributed by atoms with Gasteiger partial charge < -0.3 is 10.0 Å². The molecule has 0 atom stereocenters. The molecule has 4 nitrogen and oxygen atoms in total. The molecular weight excluding hydrogens is 255 g/mol. The molecule has 17 heavy (non-hydrogen) atoms. The lowest BCUT2D eigenvalue weighted by molar-refractivity contribution is 0.426. The molecule has 2 aromatic rings. The summed E-state index contributed by atoms with van der Waals surface area (Å²) in [4.78, 5) is 0. The van der Waals surface area contributed by atoms with Gasteiger partial charge in [-0.15, -0.1) is 10.2 Å². The maximum Gasteiger partial charge on any atom is 0.488 e. The Morgan fingerprint density at radius 2 is 1.94 bits per heavy atom. The first-order valence-electron chi connectivity index (χ1n) is 5.03. The third-order valence-electron chi connectivity index (χ3n) is 2.15. The Morgan fingerprint density at radius 3 is 2.47 bits per heavy atom. The average molecular weight is 266 g/mol. The van der Waals surface area contributed by atoms with Gasteiger partial charge in [-0.1, -0.05) is 47.4 Å². The first kappa shape index (κ1) is 12.6. The SMILES string of the molecule is Cc1nnc(SCc2ccc(B(O)O)cc2)s1. The Balaban J connectivity index is 1.95. The standard InChI is InChI=1S/C10H11BN2O2S2/c1-7-12-13-10(17-7)16-6-8-2-4-9(5-3-8)11(14)15/h2-5,14-15H,6H2,1H3. The van der Waals surface area contributed by atoms with E-state index in [4.69, 9.17) is 10.0 Å². The maximum absolute atomic E-state index is 8.96.